The SMILES string of the molecule is Cc1c(C(C)(C)C)ccc2nnccc12. The van der Waals surface area contributed by atoms with Crippen LogP contribution in [0.1, 0.15) is 31.9 Å². The van der Waals surface area contributed by atoms with Crippen molar-refractivity contribution in [2.75, 3.05) is 0 Å². The summed E-state index contributed by atoms with van der Waals surface area (Å²) in [5.74, 6) is 0. The number of aryl methyl sites for hydroxylation is 1. The molecule has 0 N–H and O–H groups in total. The average Bonchev–Trinajstić information content (AvgIpc) is 2.16. The van der Waals surface area contributed by atoms with Gasteiger partial charge in [-0.15, -0.1) is 0 Å². The maximum Gasteiger partial charge on any atom is 0.0932 e. The second-order valence-corrected chi connectivity index (χ2v) is 4.95. The molecule has 2 nitrogen and oxygen atoms in total. The van der Waals surface area contributed by atoms with Gasteiger partial charge in [-0.05, 0) is 35.6 Å². The van der Waals surface area contributed by atoms with Crippen LogP contribution in [0, 0.1) is 6.92 Å². The summed E-state index contributed by atoms with van der Waals surface area (Å²) in [6, 6.07) is 6.25. The normalized spacial score (nSPS) is 12.0. The molecule has 0 unspecified atom stereocenters. The van der Waals surface area contributed by atoms with E-state index in [-0.39, 0.29) is 5.41 Å². The summed E-state index contributed by atoms with van der Waals surface area (Å²) in [7, 11) is 0. The van der Waals surface area contributed by atoms with E-state index >= 15 is 0 Å². The molecule has 78 valence electrons. The molecule has 15 heavy (non-hydrogen) atoms. The number of fused-ring (bicyclic) bond motifs is 1. The number of hydrogen-bond donors (Lipinski definition) is 0. The number of hydrogen-bond acceptors (Lipinski definition) is 2. The number of aromatic nitrogens is 2. The van der Waals surface area contributed by atoms with Crippen LogP contribution in [0.4, 0.5) is 0 Å². The van der Waals surface area contributed by atoms with Crippen LogP contribution >= 0.6 is 0 Å². The second-order valence-electron chi connectivity index (χ2n) is 4.95. The summed E-state index contributed by atoms with van der Waals surface area (Å²) in [5, 5.41) is 9.22. The Morgan fingerprint density at radius 1 is 1.07 bits per heavy atom. The van der Waals surface area contributed by atoms with Crippen LogP contribution in [0.25, 0.3) is 10.9 Å². The minimum atomic E-state index is 0.182. The van der Waals surface area contributed by atoms with Gasteiger partial charge in [-0.1, -0.05) is 26.8 Å². The number of benzene rings is 1. The molecule has 0 spiro atoms. The molecule has 2 rings (SSSR count). The first-order chi connectivity index (χ1) is 7.00. The van der Waals surface area contributed by atoms with Crippen LogP contribution < -0.4 is 0 Å². The van der Waals surface area contributed by atoms with Crippen molar-refractivity contribution in [2.45, 2.75) is 33.1 Å². The summed E-state index contributed by atoms with van der Waals surface area (Å²) in [6.07, 6.45) is 1.75. The summed E-state index contributed by atoms with van der Waals surface area (Å²) in [6.45, 7) is 8.85. The lowest BCUT2D eigenvalue weighted by Crippen LogP contribution is -2.13. The quantitative estimate of drug-likeness (QED) is 0.652. The van der Waals surface area contributed by atoms with Gasteiger partial charge in [0, 0.05) is 5.39 Å². The predicted octanol–water partition coefficient (Wildman–Crippen LogP) is 3.24. The van der Waals surface area contributed by atoms with Gasteiger partial charge in [0.15, 0.2) is 0 Å². The zero-order chi connectivity index (χ0) is 11.1. The van der Waals surface area contributed by atoms with Crippen LogP contribution in [-0.2, 0) is 5.41 Å². The molecule has 0 atom stereocenters. The Labute approximate surface area is 90.3 Å². The molecule has 0 amide bonds. The van der Waals surface area contributed by atoms with Crippen molar-refractivity contribution in [3.63, 3.8) is 0 Å². The van der Waals surface area contributed by atoms with Gasteiger partial charge in [0.05, 0.1) is 11.7 Å². The monoisotopic (exact) mass is 200 g/mol. The highest BCUT2D eigenvalue weighted by Gasteiger charge is 2.17. The minimum Gasteiger partial charge on any atom is -0.159 e. The highest BCUT2D eigenvalue weighted by atomic mass is 15.1. The molecule has 0 saturated heterocycles. The standard InChI is InChI=1S/C13H16N2/c1-9-10-7-8-14-15-12(10)6-5-11(9)13(2,3)4/h5-8H,1-4H3. The molecule has 0 fully saturated rings. The highest BCUT2D eigenvalue weighted by molar-refractivity contribution is 5.82. The third kappa shape index (κ3) is 1.72. The van der Waals surface area contributed by atoms with Gasteiger partial charge in [-0.2, -0.15) is 10.2 Å². The fraction of sp³-hybridized carbons (Fsp3) is 0.385. The fourth-order valence-electron chi connectivity index (χ4n) is 2.03. The molecule has 0 radical (unpaired) electrons. The summed E-state index contributed by atoms with van der Waals surface area (Å²) in [4.78, 5) is 0. The van der Waals surface area contributed by atoms with Crippen LogP contribution in [0.15, 0.2) is 24.4 Å². The van der Waals surface area contributed by atoms with E-state index in [0.29, 0.717) is 0 Å². The molecular formula is C13H16N2. The molecular weight excluding hydrogens is 184 g/mol. The van der Waals surface area contributed by atoms with Crippen molar-refractivity contribution < 1.29 is 0 Å². The average molecular weight is 200 g/mol. The van der Waals surface area contributed by atoms with Gasteiger partial charge in [-0.3, -0.25) is 0 Å². The van der Waals surface area contributed by atoms with Crippen LogP contribution in [0.3, 0.4) is 0 Å². The first kappa shape index (κ1) is 10.1. The molecule has 0 aliphatic heterocycles. The van der Waals surface area contributed by atoms with E-state index in [1.54, 1.807) is 6.20 Å². The Balaban J connectivity index is 2.76. The summed E-state index contributed by atoms with van der Waals surface area (Å²) in [5.41, 5.74) is 3.85. The topological polar surface area (TPSA) is 25.8 Å². The first-order valence-electron chi connectivity index (χ1n) is 5.21. The first-order valence-corrected chi connectivity index (χ1v) is 5.21. The van der Waals surface area contributed by atoms with Gasteiger partial charge in [0.2, 0.25) is 0 Å². The van der Waals surface area contributed by atoms with Crippen molar-refractivity contribution in [1.29, 1.82) is 0 Å². The van der Waals surface area contributed by atoms with Gasteiger partial charge in [0.1, 0.15) is 0 Å². The fourth-order valence-corrected chi connectivity index (χ4v) is 2.03. The van der Waals surface area contributed by atoms with Crippen LogP contribution in [-0.4, -0.2) is 10.2 Å². The summed E-state index contributed by atoms with van der Waals surface area (Å²) >= 11 is 0. The Kier molecular flexibility index (Phi) is 2.22. The second kappa shape index (κ2) is 3.30. The Morgan fingerprint density at radius 3 is 2.47 bits per heavy atom. The van der Waals surface area contributed by atoms with Gasteiger partial charge in [-0.25, -0.2) is 0 Å². The van der Waals surface area contributed by atoms with Crippen molar-refractivity contribution >= 4 is 10.9 Å². The maximum absolute atomic E-state index is 4.12. The lowest BCUT2D eigenvalue weighted by atomic mass is 9.83. The van der Waals surface area contributed by atoms with Crippen LogP contribution in [0.5, 0.6) is 0 Å². The molecule has 2 heteroatoms. The third-order valence-electron chi connectivity index (χ3n) is 2.77. The van der Waals surface area contributed by atoms with E-state index in [1.807, 2.05) is 6.07 Å². The molecule has 0 aliphatic carbocycles. The van der Waals surface area contributed by atoms with Crippen LogP contribution in [0.2, 0.25) is 0 Å². The van der Waals surface area contributed by atoms with Gasteiger partial charge < -0.3 is 0 Å². The molecule has 0 saturated carbocycles. The smallest absolute Gasteiger partial charge is 0.0932 e. The molecule has 0 aliphatic rings. The zero-order valence-corrected chi connectivity index (χ0v) is 9.70. The third-order valence-corrected chi connectivity index (χ3v) is 2.77. The van der Waals surface area contributed by atoms with E-state index in [4.69, 9.17) is 0 Å². The largest absolute Gasteiger partial charge is 0.159 e. The minimum absolute atomic E-state index is 0.182. The number of rotatable bonds is 0. The van der Waals surface area contributed by atoms with E-state index in [1.165, 1.54) is 16.5 Å². The van der Waals surface area contributed by atoms with E-state index in [2.05, 4.69) is 50.0 Å². The lowest BCUT2D eigenvalue weighted by molar-refractivity contribution is 0.587. The molecule has 1 aromatic heterocycles. The molecule has 1 heterocycles. The summed E-state index contributed by atoms with van der Waals surface area (Å²) < 4.78 is 0. The van der Waals surface area contributed by atoms with Crippen molar-refractivity contribution in [2.24, 2.45) is 0 Å². The maximum atomic E-state index is 4.12. The van der Waals surface area contributed by atoms with Gasteiger partial charge >= 0.3 is 0 Å². The highest BCUT2D eigenvalue weighted by Crippen LogP contribution is 2.29. The van der Waals surface area contributed by atoms with Crippen molar-refractivity contribution in [3.8, 4) is 0 Å². The van der Waals surface area contributed by atoms with E-state index in [0.717, 1.165) is 5.52 Å². The molecule has 1 aromatic carbocycles. The lowest BCUT2D eigenvalue weighted by Gasteiger charge is -2.22. The van der Waals surface area contributed by atoms with E-state index in [9.17, 15) is 0 Å². The predicted molar refractivity (Wildman–Crippen MR) is 63.0 cm³/mol. The Bertz CT molecular complexity index is 495. The number of nitrogens with zero attached hydrogens (tertiary/aromatic N) is 2. The van der Waals surface area contributed by atoms with Crippen molar-refractivity contribution in [3.05, 3.63) is 35.5 Å². The van der Waals surface area contributed by atoms with Crippen molar-refractivity contribution in [1.82, 2.24) is 10.2 Å². The molecule has 0 bridgehead atoms. The zero-order valence-electron chi connectivity index (χ0n) is 9.70. The molecule has 2 aromatic rings. The van der Waals surface area contributed by atoms with Gasteiger partial charge in [0.25, 0.3) is 0 Å². The van der Waals surface area contributed by atoms with E-state index < -0.39 is 0 Å². The Hall–Kier alpha value is -1.44. The Morgan fingerprint density at radius 2 is 1.80 bits per heavy atom.